The summed E-state index contributed by atoms with van der Waals surface area (Å²) in [5.74, 6) is -1.28. The second kappa shape index (κ2) is 10.0. The van der Waals surface area contributed by atoms with E-state index >= 15 is 0 Å². The fraction of sp³-hybridized carbons (Fsp3) is 0.609. The fourth-order valence-electron chi connectivity index (χ4n) is 2.98. The lowest BCUT2D eigenvalue weighted by molar-refractivity contribution is -0.142. The molecule has 3 N–H and O–H groups in total. The molecule has 31 heavy (non-hydrogen) atoms. The molecule has 0 saturated heterocycles. The topological polar surface area (TPSA) is 108 Å². The quantitative estimate of drug-likeness (QED) is 0.635. The highest BCUT2D eigenvalue weighted by atomic mass is 16.6. The van der Waals surface area contributed by atoms with Gasteiger partial charge in [-0.3, -0.25) is 9.59 Å². The number of hydrogen-bond acceptors (Lipinski definition) is 5. The van der Waals surface area contributed by atoms with Gasteiger partial charge in [0.05, 0.1) is 0 Å². The maximum atomic E-state index is 13.4. The van der Waals surface area contributed by atoms with Gasteiger partial charge in [-0.25, -0.2) is 4.79 Å². The van der Waals surface area contributed by atoms with Crippen molar-refractivity contribution in [3.8, 4) is 5.75 Å². The Bertz CT molecular complexity index is 793. The molecule has 0 saturated carbocycles. The molecular formula is C23H37N3O5. The SMILES string of the molecule is CC(C)C(NC(=O)OC(C)(C)C)C(=O)N(C)C(C(=O)NC(C)(C)C)c1ccccc1O. The number of rotatable bonds is 6. The first kappa shape index (κ1) is 26.3. The normalized spacial score (nSPS) is 13.9. The molecule has 2 unspecified atom stereocenters. The predicted molar refractivity (Wildman–Crippen MR) is 120 cm³/mol. The van der Waals surface area contributed by atoms with Crippen molar-refractivity contribution in [1.29, 1.82) is 0 Å². The number of nitrogens with zero attached hydrogens (tertiary/aromatic N) is 1. The van der Waals surface area contributed by atoms with Crippen LogP contribution in [0.2, 0.25) is 0 Å². The molecule has 0 heterocycles. The summed E-state index contributed by atoms with van der Waals surface area (Å²) in [7, 11) is 1.48. The smallest absolute Gasteiger partial charge is 0.408 e. The Morgan fingerprint density at radius 2 is 1.58 bits per heavy atom. The summed E-state index contributed by atoms with van der Waals surface area (Å²) >= 11 is 0. The van der Waals surface area contributed by atoms with E-state index in [0.29, 0.717) is 5.56 Å². The van der Waals surface area contributed by atoms with E-state index in [4.69, 9.17) is 4.74 Å². The molecule has 0 aliphatic heterocycles. The number of nitrogens with one attached hydrogen (secondary N) is 2. The Hall–Kier alpha value is -2.77. The largest absolute Gasteiger partial charge is 0.508 e. The van der Waals surface area contributed by atoms with Crippen LogP contribution in [0.15, 0.2) is 24.3 Å². The third kappa shape index (κ3) is 8.11. The number of hydrogen-bond donors (Lipinski definition) is 3. The summed E-state index contributed by atoms with van der Waals surface area (Å²) in [5, 5.41) is 15.9. The maximum Gasteiger partial charge on any atom is 0.408 e. The van der Waals surface area contributed by atoms with E-state index in [-0.39, 0.29) is 11.7 Å². The lowest BCUT2D eigenvalue weighted by Crippen LogP contribution is -2.55. The van der Waals surface area contributed by atoms with Crippen LogP contribution in [0.4, 0.5) is 4.79 Å². The van der Waals surface area contributed by atoms with Gasteiger partial charge in [-0.2, -0.15) is 0 Å². The molecule has 1 aromatic rings. The number of carbonyl (C=O) groups excluding carboxylic acids is 3. The molecule has 8 heteroatoms. The van der Waals surface area contributed by atoms with E-state index in [9.17, 15) is 19.5 Å². The van der Waals surface area contributed by atoms with Crippen molar-refractivity contribution in [2.45, 2.75) is 78.6 Å². The van der Waals surface area contributed by atoms with Crippen LogP contribution >= 0.6 is 0 Å². The molecule has 0 aliphatic carbocycles. The van der Waals surface area contributed by atoms with Crippen molar-refractivity contribution in [2.24, 2.45) is 5.92 Å². The minimum absolute atomic E-state index is 0.0996. The van der Waals surface area contributed by atoms with Crippen molar-refractivity contribution < 1.29 is 24.2 Å². The summed E-state index contributed by atoms with van der Waals surface area (Å²) in [5.41, 5.74) is -0.971. The number of alkyl carbamates (subject to hydrolysis) is 1. The second-order valence-corrected chi connectivity index (χ2v) is 10.0. The molecule has 8 nitrogen and oxygen atoms in total. The van der Waals surface area contributed by atoms with Gasteiger partial charge in [-0.1, -0.05) is 32.0 Å². The number of phenolic OH excluding ortho intramolecular Hbond substituents is 1. The molecule has 174 valence electrons. The number of phenols is 1. The zero-order chi connectivity index (χ0) is 24.1. The van der Waals surface area contributed by atoms with Gasteiger partial charge in [-0.05, 0) is 53.5 Å². The first-order chi connectivity index (χ1) is 14.0. The van der Waals surface area contributed by atoms with Crippen molar-refractivity contribution >= 4 is 17.9 Å². The van der Waals surface area contributed by atoms with Crippen LogP contribution in [-0.4, -0.2) is 52.1 Å². The lowest BCUT2D eigenvalue weighted by atomic mass is 9.98. The average molecular weight is 436 g/mol. The van der Waals surface area contributed by atoms with E-state index in [1.165, 1.54) is 18.0 Å². The van der Waals surface area contributed by atoms with Crippen LogP contribution in [0.5, 0.6) is 5.75 Å². The average Bonchev–Trinajstić information content (AvgIpc) is 2.57. The van der Waals surface area contributed by atoms with Gasteiger partial charge in [0.25, 0.3) is 0 Å². The number of likely N-dealkylation sites (N-methyl/N-ethyl adjacent to an activating group) is 1. The van der Waals surface area contributed by atoms with Crippen LogP contribution in [0.3, 0.4) is 0 Å². The summed E-state index contributed by atoms with van der Waals surface area (Å²) in [4.78, 5) is 40.0. The minimum Gasteiger partial charge on any atom is -0.508 e. The number of ether oxygens (including phenoxy) is 1. The Balaban J connectivity index is 3.28. The van der Waals surface area contributed by atoms with Crippen LogP contribution in [0, 0.1) is 5.92 Å². The lowest BCUT2D eigenvalue weighted by Gasteiger charge is -2.34. The van der Waals surface area contributed by atoms with Gasteiger partial charge in [0.2, 0.25) is 11.8 Å². The first-order valence-corrected chi connectivity index (χ1v) is 10.4. The number of benzene rings is 1. The Morgan fingerprint density at radius 1 is 1.03 bits per heavy atom. The zero-order valence-corrected chi connectivity index (χ0v) is 20.1. The van der Waals surface area contributed by atoms with Crippen LogP contribution in [0.25, 0.3) is 0 Å². The molecule has 0 radical (unpaired) electrons. The molecule has 0 bridgehead atoms. The van der Waals surface area contributed by atoms with Crippen molar-refractivity contribution in [3.05, 3.63) is 29.8 Å². The number of aromatic hydroxyl groups is 1. The summed E-state index contributed by atoms with van der Waals surface area (Å²) in [6, 6.07) is 4.37. The first-order valence-electron chi connectivity index (χ1n) is 10.4. The number of para-hydroxylation sites is 1. The number of carbonyl (C=O) groups is 3. The van der Waals surface area contributed by atoms with Crippen molar-refractivity contribution in [2.75, 3.05) is 7.05 Å². The van der Waals surface area contributed by atoms with Crippen LogP contribution in [-0.2, 0) is 14.3 Å². The zero-order valence-electron chi connectivity index (χ0n) is 20.1. The monoisotopic (exact) mass is 435 g/mol. The Kier molecular flexibility index (Phi) is 8.49. The van der Waals surface area contributed by atoms with Crippen molar-refractivity contribution in [3.63, 3.8) is 0 Å². The highest BCUT2D eigenvalue weighted by Gasteiger charge is 2.37. The molecule has 1 aromatic carbocycles. The fourth-order valence-corrected chi connectivity index (χ4v) is 2.98. The maximum absolute atomic E-state index is 13.4. The predicted octanol–water partition coefficient (Wildman–Crippen LogP) is 3.36. The van der Waals surface area contributed by atoms with E-state index < -0.39 is 41.1 Å². The van der Waals surface area contributed by atoms with Gasteiger partial charge in [0, 0.05) is 18.2 Å². The Labute approximate surface area is 185 Å². The molecule has 0 aromatic heterocycles. The summed E-state index contributed by atoms with van der Waals surface area (Å²) < 4.78 is 5.29. The van der Waals surface area contributed by atoms with E-state index in [0.717, 1.165) is 0 Å². The van der Waals surface area contributed by atoms with Gasteiger partial charge in [0.1, 0.15) is 23.4 Å². The summed E-state index contributed by atoms with van der Waals surface area (Å²) in [6.45, 7) is 14.3. The third-order valence-electron chi connectivity index (χ3n) is 4.32. The molecular weight excluding hydrogens is 398 g/mol. The van der Waals surface area contributed by atoms with E-state index in [1.807, 2.05) is 20.8 Å². The van der Waals surface area contributed by atoms with Crippen LogP contribution in [0.1, 0.15) is 67.0 Å². The minimum atomic E-state index is -1.09. The van der Waals surface area contributed by atoms with E-state index in [2.05, 4.69) is 10.6 Å². The Morgan fingerprint density at radius 3 is 2.03 bits per heavy atom. The molecule has 0 fully saturated rings. The molecule has 0 spiro atoms. The molecule has 2 atom stereocenters. The highest BCUT2D eigenvalue weighted by molar-refractivity contribution is 5.92. The van der Waals surface area contributed by atoms with Gasteiger partial charge < -0.3 is 25.4 Å². The molecule has 3 amide bonds. The van der Waals surface area contributed by atoms with Crippen LogP contribution < -0.4 is 10.6 Å². The van der Waals surface area contributed by atoms with Gasteiger partial charge in [0.15, 0.2) is 0 Å². The van der Waals surface area contributed by atoms with Crippen molar-refractivity contribution in [1.82, 2.24) is 15.5 Å². The third-order valence-corrected chi connectivity index (χ3v) is 4.32. The van der Waals surface area contributed by atoms with Gasteiger partial charge in [-0.15, -0.1) is 0 Å². The summed E-state index contributed by atoms with van der Waals surface area (Å²) in [6.07, 6.45) is -0.716. The highest BCUT2D eigenvalue weighted by Crippen LogP contribution is 2.29. The molecule has 1 rings (SSSR count). The molecule has 0 aliphatic rings. The van der Waals surface area contributed by atoms with E-state index in [1.54, 1.807) is 52.8 Å². The second-order valence-electron chi connectivity index (χ2n) is 10.0. The standard InChI is InChI=1S/C23H37N3O5/c1-14(2)17(24-21(30)31-23(6,7)8)20(29)26(9)18(19(28)25-22(3,4)5)15-12-10-11-13-16(15)27/h10-14,17-18,27H,1-9H3,(H,24,30)(H,25,28). The van der Waals surface area contributed by atoms with Gasteiger partial charge >= 0.3 is 6.09 Å². The number of amides is 3.